The molecule has 1 saturated heterocycles. The second-order valence-corrected chi connectivity index (χ2v) is 6.55. The first-order valence-electron chi connectivity index (χ1n) is 7.69. The summed E-state index contributed by atoms with van der Waals surface area (Å²) in [6, 6.07) is 4.23. The van der Waals surface area contributed by atoms with Gasteiger partial charge in [0.1, 0.15) is 5.75 Å². The number of rotatable bonds is 4. The number of phenols is 1. The average Bonchev–Trinajstić information content (AvgIpc) is 2.37. The summed E-state index contributed by atoms with van der Waals surface area (Å²) in [5.41, 5.74) is 3.28. The Hall–Kier alpha value is -1.06. The van der Waals surface area contributed by atoms with Crippen LogP contribution in [-0.2, 0) is 6.54 Å². The maximum Gasteiger partial charge on any atom is 0.121 e. The van der Waals surface area contributed by atoms with Gasteiger partial charge in [0.2, 0.25) is 0 Å². The standard InChI is InChI=1S/C17H28N2O/c1-13(2)11-18-5-7-19(8-6-18)12-16-9-14(3)17(20)15(4)10-16/h9-10,13,20H,5-8,11-12H2,1-4H3. The monoisotopic (exact) mass is 276 g/mol. The zero-order valence-corrected chi connectivity index (χ0v) is 13.3. The van der Waals surface area contributed by atoms with Gasteiger partial charge < -0.3 is 10.0 Å². The fourth-order valence-electron chi connectivity index (χ4n) is 3.04. The highest BCUT2D eigenvalue weighted by molar-refractivity contribution is 5.42. The molecule has 1 N–H and O–H groups in total. The van der Waals surface area contributed by atoms with E-state index in [1.54, 1.807) is 0 Å². The zero-order chi connectivity index (χ0) is 14.7. The van der Waals surface area contributed by atoms with Gasteiger partial charge in [-0.2, -0.15) is 0 Å². The molecule has 1 aliphatic rings. The molecule has 1 aromatic rings. The zero-order valence-electron chi connectivity index (χ0n) is 13.3. The van der Waals surface area contributed by atoms with Crippen LogP contribution in [0.5, 0.6) is 5.75 Å². The Bertz CT molecular complexity index is 425. The second-order valence-electron chi connectivity index (χ2n) is 6.55. The van der Waals surface area contributed by atoms with E-state index in [4.69, 9.17) is 0 Å². The molecule has 0 unspecified atom stereocenters. The van der Waals surface area contributed by atoms with Gasteiger partial charge in [0.15, 0.2) is 0 Å². The minimum Gasteiger partial charge on any atom is -0.507 e. The molecule has 3 nitrogen and oxygen atoms in total. The molecule has 0 saturated carbocycles. The third-order valence-electron chi connectivity index (χ3n) is 4.05. The van der Waals surface area contributed by atoms with Crippen molar-refractivity contribution in [2.45, 2.75) is 34.2 Å². The third kappa shape index (κ3) is 3.97. The van der Waals surface area contributed by atoms with Crippen molar-refractivity contribution < 1.29 is 5.11 Å². The number of benzene rings is 1. The predicted molar refractivity (Wildman–Crippen MR) is 84.1 cm³/mol. The molecule has 0 radical (unpaired) electrons. The van der Waals surface area contributed by atoms with Gasteiger partial charge >= 0.3 is 0 Å². The lowest BCUT2D eigenvalue weighted by atomic mass is 10.1. The fourth-order valence-corrected chi connectivity index (χ4v) is 3.04. The molecule has 0 aromatic heterocycles. The van der Waals surface area contributed by atoms with Crippen LogP contribution < -0.4 is 0 Å². The largest absolute Gasteiger partial charge is 0.507 e. The van der Waals surface area contributed by atoms with Crippen molar-refractivity contribution in [1.82, 2.24) is 9.80 Å². The van der Waals surface area contributed by atoms with Crippen molar-refractivity contribution in [3.8, 4) is 5.75 Å². The lowest BCUT2D eigenvalue weighted by molar-refractivity contribution is 0.117. The predicted octanol–water partition coefficient (Wildman–Crippen LogP) is 2.78. The molecule has 1 aliphatic heterocycles. The maximum absolute atomic E-state index is 9.83. The van der Waals surface area contributed by atoms with Gasteiger partial charge in [-0.3, -0.25) is 4.90 Å². The quantitative estimate of drug-likeness (QED) is 0.916. The highest BCUT2D eigenvalue weighted by atomic mass is 16.3. The van der Waals surface area contributed by atoms with Gasteiger partial charge in [-0.15, -0.1) is 0 Å². The van der Waals surface area contributed by atoms with E-state index in [0.29, 0.717) is 5.75 Å². The van der Waals surface area contributed by atoms with E-state index >= 15 is 0 Å². The first-order chi connectivity index (χ1) is 9.45. The average molecular weight is 276 g/mol. The number of piperazine rings is 1. The van der Waals surface area contributed by atoms with Crippen molar-refractivity contribution in [2.75, 3.05) is 32.7 Å². The van der Waals surface area contributed by atoms with E-state index in [-0.39, 0.29) is 0 Å². The molecular weight excluding hydrogens is 248 g/mol. The molecule has 3 heteroatoms. The summed E-state index contributed by atoms with van der Waals surface area (Å²) in [6.45, 7) is 15.4. The molecule has 20 heavy (non-hydrogen) atoms. The van der Waals surface area contributed by atoms with Gasteiger partial charge in [-0.1, -0.05) is 26.0 Å². The van der Waals surface area contributed by atoms with Gasteiger partial charge in [0.05, 0.1) is 0 Å². The summed E-state index contributed by atoms with van der Waals surface area (Å²) in [4.78, 5) is 5.08. The molecule has 1 aromatic carbocycles. The van der Waals surface area contributed by atoms with Crippen molar-refractivity contribution in [2.24, 2.45) is 5.92 Å². The van der Waals surface area contributed by atoms with Crippen LogP contribution in [0.4, 0.5) is 0 Å². The summed E-state index contributed by atoms with van der Waals surface area (Å²) >= 11 is 0. The van der Waals surface area contributed by atoms with Crippen LogP contribution in [0.2, 0.25) is 0 Å². The number of nitrogens with zero attached hydrogens (tertiary/aromatic N) is 2. The molecule has 0 aliphatic carbocycles. The van der Waals surface area contributed by atoms with Crippen LogP contribution in [0.3, 0.4) is 0 Å². The molecule has 1 heterocycles. The van der Waals surface area contributed by atoms with Crippen LogP contribution in [0, 0.1) is 19.8 Å². The summed E-state index contributed by atoms with van der Waals surface area (Å²) in [6.07, 6.45) is 0. The molecular formula is C17H28N2O. The van der Waals surface area contributed by atoms with Crippen molar-refractivity contribution in [3.63, 3.8) is 0 Å². The first-order valence-corrected chi connectivity index (χ1v) is 7.69. The second kappa shape index (κ2) is 6.59. The molecule has 0 atom stereocenters. The van der Waals surface area contributed by atoms with E-state index in [1.165, 1.54) is 25.2 Å². The summed E-state index contributed by atoms with van der Waals surface area (Å²) < 4.78 is 0. The smallest absolute Gasteiger partial charge is 0.121 e. The topological polar surface area (TPSA) is 26.7 Å². The van der Waals surface area contributed by atoms with E-state index in [2.05, 4.69) is 35.8 Å². The van der Waals surface area contributed by atoms with E-state index in [1.807, 2.05) is 13.8 Å². The van der Waals surface area contributed by atoms with Gasteiger partial charge in [-0.05, 0) is 36.5 Å². The van der Waals surface area contributed by atoms with Gasteiger partial charge in [-0.25, -0.2) is 0 Å². The number of hydrogen-bond acceptors (Lipinski definition) is 3. The first kappa shape index (κ1) is 15.3. The molecule has 0 amide bonds. The normalized spacial score (nSPS) is 17.9. The fraction of sp³-hybridized carbons (Fsp3) is 0.647. The molecule has 112 valence electrons. The number of hydrogen-bond donors (Lipinski definition) is 1. The van der Waals surface area contributed by atoms with E-state index in [9.17, 15) is 5.11 Å². The van der Waals surface area contributed by atoms with Crippen LogP contribution in [0.1, 0.15) is 30.5 Å². The van der Waals surface area contributed by atoms with Crippen molar-refractivity contribution >= 4 is 0 Å². The van der Waals surface area contributed by atoms with Crippen LogP contribution in [0.25, 0.3) is 0 Å². The Labute approximate surface area is 123 Å². The Morgan fingerprint density at radius 2 is 1.50 bits per heavy atom. The summed E-state index contributed by atoms with van der Waals surface area (Å²) in [7, 11) is 0. The van der Waals surface area contributed by atoms with Crippen molar-refractivity contribution in [1.29, 1.82) is 0 Å². The number of aryl methyl sites for hydroxylation is 2. The SMILES string of the molecule is Cc1cc(CN2CCN(CC(C)C)CC2)cc(C)c1O. The summed E-state index contributed by atoms with van der Waals surface area (Å²) in [5.74, 6) is 1.19. The highest BCUT2D eigenvalue weighted by Gasteiger charge is 2.17. The lowest BCUT2D eigenvalue weighted by Crippen LogP contribution is -2.46. The number of phenolic OH excluding ortho intramolecular Hbond substituents is 1. The molecule has 0 bridgehead atoms. The van der Waals surface area contributed by atoms with Crippen LogP contribution in [0.15, 0.2) is 12.1 Å². The van der Waals surface area contributed by atoms with Crippen molar-refractivity contribution in [3.05, 3.63) is 28.8 Å². The third-order valence-corrected chi connectivity index (χ3v) is 4.05. The Kier molecular flexibility index (Phi) is 5.06. The van der Waals surface area contributed by atoms with Gasteiger partial charge in [0.25, 0.3) is 0 Å². The Morgan fingerprint density at radius 3 is 2.00 bits per heavy atom. The summed E-state index contributed by atoms with van der Waals surface area (Å²) in [5, 5.41) is 9.83. The maximum atomic E-state index is 9.83. The van der Waals surface area contributed by atoms with Crippen LogP contribution >= 0.6 is 0 Å². The van der Waals surface area contributed by atoms with Gasteiger partial charge in [0, 0.05) is 39.3 Å². The molecule has 0 spiro atoms. The molecule has 1 fully saturated rings. The number of aromatic hydroxyl groups is 1. The highest BCUT2D eigenvalue weighted by Crippen LogP contribution is 2.23. The lowest BCUT2D eigenvalue weighted by Gasteiger charge is -2.35. The Balaban J connectivity index is 1.89. The molecule has 2 rings (SSSR count). The van der Waals surface area contributed by atoms with E-state index in [0.717, 1.165) is 36.7 Å². The minimum atomic E-state index is 0.440. The minimum absolute atomic E-state index is 0.440. The van der Waals surface area contributed by atoms with Crippen LogP contribution in [-0.4, -0.2) is 47.6 Å². The van der Waals surface area contributed by atoms with E-state index < -0.39 is 0 Å². The Morgan fingerprint density at radius 1 is 1.00 bits per heavy atom.